The summed E-state index contributed by atoms with van der Waals surface area (Å²) >= 11 is 1.37. The topological polar surface area (TPSA) is 67.4 Å². The molecule has 21 heavy (non-hydrogen) atoms. The number of hydrogen-bond acceptors (Lipinski definition) is 6. The van der Waals surface area contributed by atoms with Gasteiger partial charge in [-0.05, 0) is 52.1 Å². The highest BCUT2D eigenvalue weighted by atomic mass is 32.1. The number of hydrogen-bond donors (Lipinski definition) is 1. The number of amides is 1. The molecule has 118 valence electrons. The third-order valence-corrected chi connectivity index (χ3v) is 4.03. The second-order valence-electron chi connectivity index (χ2n) is 6.52. The first-order chi connectivity index (χ1) is 9.85. The van der Waals surface area contributed by atoms with Crippen molar-refractivity contribution < 1.29 is 9.53 Å². The van der Waals surface area contributed by atoms with Crippen molar-refractivity contribution in [1.29, 1.82) is 0 Å². The third kappa shape index (κ3) is 4.93. The van der Waals surface area contributed by atoms with Gasteiger partial charge in [-0.1, -0.05) is 4.49 Å². The second-order valence-corrected chi connectivity index (χ2v) is 7.13. The molecule has 1 aliphatic rings. The van der Waals surface area contributed by atoms with Crippen molar-refractivity contribution >= 4 is 17.6 Å². The predicted molar refractivity (Wildman–Crippen MR) is 82.2 cm³/mol. The fraction of sp³-hybridized carbons (Fsp3) is 0.786. The Morgan fingerprint density at radius 2 is 2.33 bits per heavy atom. The Kier molecular flexibility index (Phi) is 5.16. The van der Waals surface area contributed by atoms with E-state index in [9.17, 15) is 4.79 Å². The number of nitrogens with zero attached hydrogens (tertiary/aromatic N) is 3. The first-order valence-corrected chi connectivity index (χ1v) is 8.18. The second kappa shape index (κ2) is 6.70. The Hall–Kier alpha value is -1.21. The van der Waals surface area contributed by atoms with Gasteiger partial charge in [0.25, 0.3) is 0 Å². The first kappa shape index (κ1) is 16.2. The van der Waals surface area contributed by atoms with Gasteiger partial charge in [-0.3, -0.25) is 0 Å². The first-order valence-electron chi connectivity index (χ1n) is 7.34. The average molecular weight is 312 g/mol. The van der Waals surface area contributed by atoms with E-state index in [1.54, 1.807) is 0 Å². The molecule has 2 atom stereocenters. The van der Waals surface area contributed by atoms with Gasteiger partial charge in [-0.15, -0.1) is 5.10 Å². The molecule has 1 fully saturated rings. The van der Waals surface area contributed by atoms with Crippen LogP contribution < -0.4 is 5.32 Å². The SMILES string of the molecule is CC1CC(NCc2csnn2)CCN1C(=O)OC(C)(C)C. The maximum atomic E-state index is 12.1. The molecule has 7 heteroatoms. The van der Waals surface area contributed by atoms with Gasteiger partial charge < -0.3 is 15.0 Å². The van der Waals surface area contributed by atoms with Gasteiger partial charge in [0.05, 0.1) is 5.69 Å². The predicted octanol–water partition coefficient (Wildman–Crippen LogP) is 2.42. The van der Waals surface area contributed by atoms with Gasteiger partial charge in [-0.2, -0.15) is 0 Å². The summed E-state index contributed by atoms with van der Waals surface area (Å²) in [6.07, 6.45) is 1.65. The zero-order valence-electron chi connectivity index (χ0n) is 13.1. The van der Waals surface area contributed by atoms with Crippen molar-refractivity contribution in [2.24, 2.45) is 0 Å². The van der Waals surface area contributed by atoms with E-state index >= 15 is 0 Å². The van der Waals surface area contributed by atoms with Gasteiger partial charge in [-0.25, -0.2) is 4.79 Å². The van der Waals surface area contributed by atoms with Crippen LogP contribution in [-0.4, -0.2) is 44.8 Å². The molecular weight excluding hydrogens is 288 g/mol. The number of nitrogens with one attached hydrogen (secondary N) is 1. The molecule has 0 aromatic carbocycles. The molecule has 1 amide bonds. The number of aromatic nitrogens is 2. The van der Waals surface area contributed by atoms with Crippen LogP contribution in [0.3, 0.4) is 0 Å². The van der Waals surface area contributed by atoms with Gasteiger partial charge in [0.2, 0.25) is 0 Å². The Morgan fingerprint density at radius 1 is 1.57 bits per heavy atom. The molecular formula is C14H24N4O2S. The average Bonchev–Trinajstić information content (AvgIpc) is 2.87. The third-order valence-electron chi connectivity index (χ3n) is 3.48. The van der Waals surface area contributed by atoms with Gasteiger partial charge in [0.1, 0.15) is 5.60 Å². The lowest BCUT2D eigenvalue weighted by Crippen LogP contribution is -2.50. The van der Waals surface area contributed by atoms with E-state index in [1.807, 2.05) is 31.1 Å². The smallest absolute Gasteiger partial charge is 0.410 e. The number of carbonyl (C=O) groups is 1. The minimum Gasteiger partial charge on any atom is -0.444 e. The minimum atomic E-state index is -0.441. The molecule has 1 aromatic rings. The summed E-state index contributed by atoms with van der Waals surface area (Å²) in [4.78, 5) is 14.0. The quantitative estimate of drug-likeness (QED) is 0.928. The maximum absolute atomic E-state index is 12.1. The summed E-state index contributed by atoms with van der Waals surface area (Å²) in [5.74, 6) is 0. The van der Waals surface area contributed by atoms with Crippen molar-refractivity contribution in [3.8, 4) is 0 Å². The largest absolute Gasteiger partial charge is 0.444 e. The van der Waals surface area contributed by atoms with Crippen LogP contribution in [0.4, 0.5) is 4.79 Å². The summed E-state index contributed by atoms with van der Waals surface area (Å²) in [7, 11) is 0. The van der Waals surface area contributed by atoms with Crippen LogP contribution in [0.15, 0.2) is 5.38 Å². The van der Waals surface area contributed by atoms with E-state index in [-0.39, 0.29) is 12.1 Å². The number of piperidine rings is 1. The molecule has 1 aromatic heterocycles. The van der Waals surface area contributed by atoms with Crippen molar-refractivity contribution in [3.63, 3.8) is 0 Å². The van der Waals surface area contributed by atoms with Crippen molar-refractivity contribution in [2.45, 2.75) is 64.8 Å². The molecule has 0 radical (unpaired) electrons. The van der Waals surface area contributed by atoms with Gasteiger partial charge in [0.15, 0.2) is 0 Å². The molecule has 1 saturated heterocycles. The highest BCUT2D eigenvalue weighted by Gasteiger charge is 2.31. The lowest BCUT2D eigenvalue weighted by atomic mass is 9.98. The zero-order valence-corrected chi connectivity index (χ0v) is 13.9. The molecule has 0 spiro atoms. The Morgan fingerprint density at radius 3 is 2.90 bits per heavy atom. The van der Waals surface area contributed by atoms with Gasteiger partial charge >= 0.3 is 6.09 Å². The molecule has 0 aliphatic carbocycles. The Bertz CT molecular complexity index is 458. The van der Waals surface area contributed by atoms with Gasteiger partial charge in [0, 0.05) is 30.6 Å². The zero-order chi connectivity index (χ0) is 15.5. The van der Waals surface area contributed by atoms with Crippen molar-refractivity contribution in [3.05, 3.63) is 11.1 Å². The number of rotatable bonds is 3. The van der Waals surface area contributed by atoms with E-state index < -0.39 is 5.60 Å². The van der Waals surface area contributed by atoms with Crippen molar-refractivity contribution in [1.82, 2.24) is 19.8 Å². The van der Waals surface area contributed by atoms with E-state index in [2.05, 4.69) is 21.8 Å². The van der Waals surface area contributed by atoms with E-state index in [1.165, 1.54) is 11.5 Å². The fourth-order valence-corrected chi connectivity index (χ4v) is 2.91. The summed E-state index contributed by atoms with van der Waals surface area (Å²) < 4.78 is 9.30. The van der Waals surface area contributed by atoms with Crippen LogP contribution in [0, 0.1) is 0 Å². The molecule has 0 saturated carbocycles. The molecule has 2 heterocycles. The standard InChI is InChI=1S/C14H24N4O2S/c1-10-7-11(15-8-12-9-21-17-16-12)5-6-18(10)13(19)20-14(2,3)4/h9-11,15H,5-8H2,1-4H3. The molecule has 6 nitrogen and oxygen atoms in total. The molecule has 1 aliphatic heterocycles. The molecule has 2 rings (SSSR count). The summed E-state index contributed by atoms with van der Waals surface area (Å²) in [5, 5.41) is 9.46. The number of likely N-dealkylation sites (tertiary alicyclic amines) is 1. The van der Waals surface area contributed by atoms with Crippen LogP contribution in [0.2, 0.25) is 0 Å². The number of carbonyl (C=O) groups excluding carboxylic acids is 1. The van der Waals surface area contributed by atoms with E-state index in [0.29, 0.717) is 6.04 Å². The Labute approximate surface area is 130 Å². The Balaban J connectivity index is 1.80. The maximum Gasteiger partial charge on any atom is 0.410 e. The van der Waals surface area contributed by atoms with Crippen LogP contribution in [0.1, 0.15) is 46.2 Å². The molecule has 2 unspecified atom stereocenters. The van der Waals surface area contributed by atoms with Crippen molar-refractivity contribution in [2.75, 3.05) is 6.54 Å². The minimum absolute atomic E-state index is 0.180. The summed E-state index contributed by atoms with van der Waals surface area (Å²) in [6.45, 7) is 9.22. The summed E-state index contributed by atoms with van der Waals surface area (Å²) in [6, 6.07) is 0.583. The number of ether oxygens (including phenoxy) is 1. The van der Waals surface area contributed by atoms with Crippen LogP contribution in [0.5, 0.6) is 0 Å². The highest BCUT2D eigenvalue weighted by molar-refractivity contribution is 7.03. The monoisotopic (exact) mass is 312 g/mol. The lowest BCUT2D eigenvalue weighted by Gasteiger charge is -2.38. The molecule has 0 bridgehead atoms. The normalized spacial score (nSPS) is 23.1. The summed E-state index contributed by atoms with van der Waals surface area (Å²) in [5.41, 5.74) is 0.533. The highest BCUT2D eigenvalue weighted by Crippen LogP contribution is 2.20. The van der Waals surface area contributed by atoms with Crippen LogP contribution in [0.25, 0.3) is 0 Å². The van der Waals surface area contributed by atoms with E-state index in [4.69, 9.17) is 4.74 Å². The lowest BCUT2D eigenvalue weighted by molar-refractivity contribution is 0.00931. The van der Waals surface area contributed by atoms with E-state index in [0.717, 1.165) is 31.6 Å². The van der Waals surface area contributed by atoms with Crippen LogP contribution in [-0.2, 0) is 11.3 Å². The van der Waals surface area contributed by atoms with Crippen LogP contribution >= 0.6 is 11.5 Å². The fourth-order valence-electron chi connectivity index (χ4n) is 2.46. The molecule has 1 N–H and O–H groups in total.